The van der Waals surface area contributed by atoms with Gasteiger partial charge in [0.15, 0.2) is 6.10 Å². The molecule has 0 saturated carbocycles. The van der Waals surface area contributed by atoms with Crippen molar-refractivity contribution in [2.75, 3.05) is 26.4 Å². The molecule has 0 bridgehead atoms. The summed E-state index contributed by atoms with van der Waals surface area (Å²) < 4.78 is 39.6. The highest BCUT2D eigenvalue weighted by Crippen LogP contribution is 2.43. The molecule has 0 aliphatic carbocycles. The van der Waals surface area contributed by atoms with Crippen LogP contribution < -0.4 is 0 Å². The van der Waals surface area contributed by atoms with E-state index in [0.29, 0.717) is 19.3 Å². The lowest BCUT2D eigenvalue weighted by molar-refractivity contribution is -0.161. The molecular weight excluding hydrogens is 1000 g/mol. The average molecular weight is 1120 g/mol. The van der Waals surface area contributed by atoms with Crippen LogP contribution in [-0.2, 0) is 42.2 Å². The fraction of sp³-hybridized carbons (Fsp3) is 0.773. The first-order valence-electron chi connectivity index (χ1n) is 31.8. The molecular formula is C66H117O11P. The van der Waals surface area contributed by atoms with Crippen LogP contribution in [0.3, 0.4) is 0 Å². The average Bonchev–Trinajstić information content (AvgIpc) is 3.43. The zero-order chi connectivity index (χ0) is 56.9. The summed E-state index contributed by atoms with van der Waals surface area (Å²) in [4.78, 5) is 48.7. The van der Waals surface area contributed by atoms with E-state index in [-0.39, 0.29) is 25.9 Å². The number of aliphatic hydroxyl groups is 1. The molecule has 11 nitrogen and oxygen atoms in total. The molecule has 78 heavy (non-hydrogen) atoms. The number of phosphoric ester groups is 1. The van der Waals surface area contributed by atoms with Crippen LogP contribution >= 0.6 is 7.82 Å². The maximum atomic E-state index is 13.0. The summed E-state index contributed by atoms with van der Waals surface area (Å²) in [5.74, 6) is -1.50. The van der Waals surface area contributed by atoms with E-state index in [2.05, 4.69) is 93.7 Å². The molecule has 2 N–H and O–H groups in total. The second-order valence-electron chi connectivity index (χ2n) is 21.2. The van der Waals surface area contributed by atoms with Crippen LogP contribution in [0.4, 0.5) is 0 Å². The Morgan fingerprint density at radius 1 is 0.372 bits per heavy atom. The molecule has 0 aliphatic heterocycles. The van der Waals surface area contributed by atoms with Crippen molar-refractivity contribution in [1.29, 1.82) is 0 Å². The van der Waals surface area contributed by atoms with Crippen molar-refractivity contribution in [3.63, 3.8) is 0 Å². The van der Waals surface area contributed by atoms with Crippen LogP contribution in [0.15, 0.2) is 72.9 Å². The standard InChI is InChI=1S/C66H117O11P/c1-4-7-10-13-16-19-22-25-28-30-31-33-36-39-42-45-48-51-54-57-66(70)77-63(59-73-64(68)55-52-49-46-43-40-37-35-32-29-26-23-20-17-14-11-8-5-2)61-75-78(71,72)74-60-62(58-67)76-65(69)56-53-50-47-44-41-38-34-27-24-21-18-15-12-9-6-3/h9,12,18,21,25-29,34,41,44,62-63,67H,4-8,10-11,13-17,19-20,22-24,30-33,35-40,42-43,45-61H2,1-3H3,(H,71,72)/b12-9-,21-18-,28-25-,29-26-,34-27-,44-41-. The molecule has 3 atom stereocenters. The Bertz CT molecular complexity index is 1590. The molecule has 0 aromatic rings. The summed E-state index contributed by atoms with van der Waals surface area (Å²) in [6, 6.07) is 0. The van der Waals surface area contributed by atoms with Crippen molar-refractivity contribution in [3.05, 3.63) is 72.9 Å². The fourth-order valence-electron chi connectivity index (χ4n) is 8.75. The van der Waals surface area contributed by atoms with Gasteiger partial charge >= 0.3 is 25.7 Å². The number of hydrogen-bond acceptors (Lipinski definition) is 10. The number of carbonyl (C=O) groups is 3. The lowest BCUT2D eigenvalue weighted by Crippen LogP contribution is -2.30. The summed E-state index contributed by atoms with van der Waals surface area (Å²) in [6.07, 6.45) is 68.6. The van der Waals surface area contributed by atoms with E-state index in [4.69, 9.17) is 23.3 Å². The summed E-state index contributed by atoms with van der Waals surface area (Å²) in [6.45, 7) is 4.51. The highest BCUT2D eigenvalue weighted by Gasteiger charge is 2.28. The van der Waals surface area contributed by atoms with Gasteiger partial charge in [0.25, 0.3) is 0 Å². The smallest absolute Gasteiger partial charge is 0.462 e. The maximum Gasteiger partial charge on any atom is 0.472 e. The molecule has 0 radical (unpaired) electrons. The Hall–Kier alpha value is -3.08. The predicted octanol–water partition coefficient (Wildman–Crippen LogP) is 19.3. The molecule has 0 aromatic carbocycles. The number of esters is 3. The number of aliphatic hydroxyl groups excluding tert-OH is 1. The van der Waals surface area contributed by atoms with Crippen molar-refractivity contribution >= 4 is 25.7 Å². The van der Waals surface area contributed by atoms with Crippen LogP contribution in [0.2, 0.25) is 0 Å². The largest absolute Gasteiger partial charge is 0.472 e. The first-order valence-corrected chi connectivity index (χ1v) is 33.3. The first-order chi connectivity index (χ1) is 38.2. The van der Waals surface area contributed by atoms with E-state index in [9.17, 15) is 28.9 Å². The summed E-state index contributed by atoms with van der Waals surface area (Å²) >= 11 is 0. The van der Waals surface area contributed by atoms with Gasteiger partial charge in [-0.1, -0.05) is 235 Å². The lowest BCUT2D eigenvalue weighted by atomic mass is 10.1. The predicted molar refractivity (Wildman–Crippen MR) is 325 cm³/mol. The number of hydrogen-bond donors (Lipinski definition) is 2. The lowest BCUT2D eigenvalue weighted by Gasteiger charge is -2.21. The number of allylic oxidation sites excluding steroid dienone is 12. The number of rotatable bonds is 59. The SMILES string of the molecule is CC/C=C\C/C=C\C/C=C\C/C=C\CCCCC(=O)OC(CO)COP(=O)(O)OCC(COC(=O)CCCCCCCCC/C=C\CCCCCCCC)OC(=O)CCCCCCCCCCC/C=C\CCCCCCCC. The Labute approximate surface area is 478 Å². The molecule has 0 fully saturated rings. The summed E-state index contributed by atoms with van der Waals surface area (Å²) in [7, 11) is -4.77. The summed E-state index contributed by atoms with van der Waals surface area (Å²) in [5, 5.41) is 9.83. The van der Waals surface area contributed by atoms with Crippen molar-refractivity contribution in [1.82, 2.24) is 0 Å². The third-order valence-corrected chi connectivity index (χ3v) is 14.5. The zero-order valence-electron chi connectivity index (χ0n) is 50.1. The number of ether oxygens (including phenoxy) is 3. The maximum absolute atomic E-state index is 13.0. The second-order valence-corrected chi connectivity index (χ2v) is 22.6. The molecule has 12 heteroatoms. The third-order valence-electron chi connectivity index (χ3n) is 13.6. The molecule has 0 aromatic heterocycles. The molecule has 0 spiro atoms. The Morgan fingerprint density at radius 2 is 0.667 bits per heavy atom. The normalized spacial score (nSPS) is 13.8. The quantitative estimate of drug-likeness (QED) is 0.0197. The van der Waals surface area contributed by atoms with E-state index in [1.165, 1.54) is 148 Å². The molecule has 0 aliphatic rings. The van der Waals surface area contributed by atoms with Crippen LogP contribution in [0.1, 0.15) is 290 Å². The van der Waals surface area contributed by atoms with Crippen molar-refractivity contribution in [2.24, 2.45) is 0 Å². The third kappa shape index (κ3) is 57.6. The van der Waals surface area contributed by atoms with Crippen LogP contribution in [-0.4, -0.2) is 66.5 Å². The number of carbonyl (C=O) groups excluding carboxylic acids is 3. The van der Waals surface area contributed by atoms with Gasteiger partial charge in [0, 0.05) is 19.3 Å². The van der Waals surface area contributed by atoms with Gasteiger partial charge in [-0.3, -0.25) is 23.4 Å². The van der Waals surface area contributed by atoms with E-state index in [0.717, 1.165) is 83.5 Å². The minimum absolute atomic E-state index is 0.124. The molecule has 0 heterocycles. The van der Waals surface area contributed by atoms with Crippen LogP contribution in [0, 0.1) is 0 Å². The number of phosphoric acid groups is 1. The second kappa shape index (κ2) is 60.0. The first kappa shape index (κ1) is 74.9. The minimum atomic E-state index is -4.77. The zero-order valence-corrected chi connectivity index (χ0v) is 51.0. The Balaban J connectivity index is 4.74. The van der Waals surface area contributed by atoms with E-state index in [1.54, 1.807) is 0 Å². The van der Waals surface area contributed by atoms with Gasteiger partial charge in [0.05, 0.1) is 19.8 Å². The molecule has 452 valence electrons. The van der Waals surface area contributed by atoms with Gasteiger partial charge in [-0.05, 0) is 109 Å². The van der Waals surface area contributed by atoms with Crippen LogP contribution in [0.5, 0.6) is 0 Å². The molecule has 3 unspecified atom stereocenters. The van der Waals surface area contributed by atoms with Crippen molar-refractivity contribution in [2.45, 2.75) is 303 Å². The van der Waals surface area contributed by atoms with Gasteiger partial charge in [0.1, 0.15) is 12.7 Å². The van der Waals surface area contributed by atoms with Crippen molar-refractivity contribution < 1.29 is 52.2 Å². The number of unbranched alkanes of at least 4 members (excludes halogenated alkanes) is 30. The van der Waals surface area contributed by atoms with Gasteiger partial charge in [-0.25, -0.2) is 4.57 Å². The highest BCUT2D eigenvalue weighted by molar-refractivity contribution is 7.47. The van der Waals surface area contributed by atoms with Gasteiger partial charge in [-0.2, -0.15) is 0 Å². The highest BCUT2D eigenvalue weighted by atomic mass is 31.2. The van der Waals surface area contributed by atoms with Gasteiger partial charge < -0.3 is 24.2 Å². The van der Waals surface area contributed by atoms with E-state index >= 15 is 0 Å². The summed E-state index contributed by atoms with van der Waals surface area (Å²) in [5.41, 5.74) is 0. The van der Waals surface area contributed by atoms with Crippen LogP contribution in [0.25, 0.3) is 0 Å². The Kier molecular flexibility index (Phi) is 57.7. The molecule has 0 saturated heterocycles. The molecule has 0 amide bonds. The van der Waals surface area contributed by atoms with E-state index in [1.807, 2.05) is 0 Å². The Morgan fingerprint density at radius 3 is 1.06 bits per heavy atom. The van der Waals surface area contributed by atoms with Gasteiger partial charge in [0.2, 0.25) is 0 Å². The van der Waals surface area contributed by atoms with Gasteiger partial charge in [-0.15, -0.1) is 0 Å². The fourth-order valence-corrected chi connectivity index (χ4v) is 9.53. The van der Waals surface area contributed by atoms with Crippen molar-refractivity contribution in [3.8, 4) is 0 Å². The molecule has 0 rings (SSSR count). The minimum Gasteiger partial charge on any atom is -0.462 e. The topological polar surface area (TPSA) is 155 Å². The van der Waals surface area contributed by atoms with E-state index < -0.39 is 57.8 Å². The monoisotopic (exact) mass is 1120 g/mol.